The van der Waals surface area contributed by atoms with Gasteiger partial charge in [-0.25, -0.2) is 0 Å². The van der Waals surface area contributed by atoms with Crippen molar-refractivity contribution in [2.75, 3.05) is 6.54 Å². The highest BCUT2D eigenvalue weighted by atomic mass is 14.7. The molecule has 1 heteroatoms. The number of hydrogen-bond acceptors (Lipinski definition) is 1. The van der Waals surface area contributed by atoms with Crippen LogP contribution in [-0.4, -0.2) is 12.8 Å². The summed E-state index contributed by atoms with van der Waals surface area (Å²) in [5.41, 5.74) is 2.43. The molecular weight excluding hydrogens is 146 g/mol. The van der Waals surface area contributed by atoms with E-state index in [9.17, 15) is 0 Å². The fourth-order valence-corrected chi connectivity index (χ4v) is 0.957. The van der Waals surface area contributed by atoms with Gasteiger partial charge in [-0.3, -0.25) is 4.99 Å². The lowest BCUT2D eigenvalue weighted by Gasteiger charge is -1.96. The smallest absolute Gasteiger partial charge is 0.0567 e. The second kappa shape index (κ2) is 4.50. The Bertz CT molecular complexity index is 287. The summed E-state index contributed by atoms with van der Waals surface area (Å²) in [6.45, 7) is 6.37. The molecular formula is C11H13N. The Morgan fingerprint density at radius 2 is 2.17 bits per heavy atom. The summed E-state index contributed by atoms with van der Waals surface area (Å²) < 4.78 is 0. The van der Waals surface area contributed by atoms with Gasteiger partial charge in [-0.1, -0.05) is 30.3 Å². The third-order valence-corrected chi connectivity index (χ3v) is 1.65. The zero-order valence-electron chi connectivity index (χ0n) is 7.33. The van der Waals surface area contributed by atoms with E-state index in [1.807, 2.05) is 18.3 Å². The van der Waals surface area contributed by atoms with Crippen molar-refractivity contribution in [3.63, 3.8) is 0 Å². The average Bonchev–Trinajstić information content (AvgIpc) is 2.09. The Balaban J connectivity index is 2.74. The van der Waals surface area contributed by atoms with E-state index in [4.69, 9.17) is 0 Å². The quantitative estimate of drug-likeness (QED) is 0.475. The molecule has 0 radical (unpaired) electrons. The maximum absolute atomic E-state index is 4.18. The van der Waals surface area contributed by atoms with Gasteiger partial charge in [-0.2, -0.15) is 0 Å². The molecule has 0 aliphatic carbocycles. The molecule has 62 valence electrons. The van der Waals surface area contributed by atoms with Gasteiger partial charge >= 0.3 is 0 Å². The van der Waals surface area contributed by atoms with Crippen LogP contribution in [0.5, 0.6) is 0 Å². The first-order valence-corrected chi connectivity index (χ1v) is 4.01. The van der Waals surface area contributed by atoms with Crippen molar-refractivity contribution in [3.8, 4) is 0 Å². The van der Waals surface area contributed by atoms with E-state index in [0.29, 0.717) is 6.54 Å². The van der Waals surface area contributed by atoms with Gasteiger partial charge in [-0.05, 0) is 18.1 Å². The molecule has 0 saturated heterocycles. The van der Waals surface area contributed by atoms with E-state index in [1.54, 1.807) is 6.08 Å². The largest absolute Gasteiger partial charge is 0.288 e. The lowest BCUT2D eigenvalue weighted by molar-refractivity contribution is 1.26. The summed E-state index contributed by atoms with van der Waals surface area (Å²) in [6, 6.07) is 8.18. The molecule has 0 amide bonds. The molecule has 0 fully saturated rings. The van der Waals surface area contributed by atoms with Crippen LogP contribution in [0, 0.1) is 6.92 Å². The van der Waals surface area contributed by atoms with Crippen LogP contribution in [0.15, 0.2) is 41.9 Å². The van der Waals surface area contributed by atoms with Gasteiger partial charge in [0.2, 0.25) is 0 Å². The number of rotatable bonds is 3. The van der Waals surface area contributed by atoms with Crippen LogP contribution in [0.25, 0.3) is 0 Å². The van der Waals surface area contributed by atoms with Crippen LogP contribution in [0.1, 0.15) is 11.1 Å². The van der Waals surface area contributed by atoms with E-state index in [2.05, 4.69) is 30.6 Å². The number of aryl methyl sites for hydroxylation is 1. The van der Waals surface area contributed by atoms with Gasteiger partial charge in [0.05, 0.1) is 6.54 Å². The van der Waals surface area contributed by atoms with Gasteiger partial charge in [0.15, 0.2) is 0 Å². The zero-order valence-corrected chi connectivity index (χ0v) is 7.33. The first kappa shape index (κ1) is 8.72. The van der Waals surface area contributed by atoms with Crippen molar-refractivity contribution < 1.29 is 0 Å². The number of benzene rings is 1. The molecule has 0 aromatic heterocycles. The SMILES string of the molecule is C=CCN=Cc1ccccc1C. The fourth-order valence-electron chi connectivity index (χ4n) is 0.957. The molecule has 0 aliphatic heterocycles. The lowest BCUT2D eigenvalue weighted by Crippen LogP contribution is -1.86. The topological polar surface area (TPSA) is 12.4 Å². The Kier molecular flexibility index (Phi) is 3.27. The predicted molar refractivity (Wildman–Crippen MR) is 53.8 cm³/mol. The molecule has 0 aliphatic rings. The van der Waals surface area contributed by atoms with Crippen molar-refractivity contribution >= 4 is 6.21 Å². The summed E-state index contributed by atoms with van der Waals surface area (Å²) in [7, 11) is 0. The average molecular weight is 159 g/mol. The summed E-state index contributed by atoms with van der Waals surface area (Å²) in [5.74, 6) is 0. The van der Waals surface area contributed by atoms with Crippen LogP contribution < -0.4 is 0 Å². The Morgan fingerprint density at radius 1 is 1.42 bits per heavy atom. The first-order chi connectivity index (χ1) is 5.84. The number of hydrogen-bond donors (Lipinski definition) is 0. The van der Waals surface area contributed by atoms with Crippen molar-refractivity contribution in [2.45, 2.75) is 6.92 Å². The van der Waals surface area contributed by atoms with Crippen molar-refractivity contribution in [1.82, 2.24) is 0 Å². The molecule has 0 N–H and O–H groups in total. The van der Waals surface area contributed by atoms with Gasteiger partial charge in [0, 0.05) is 6.21 Å². The molecule has 1 rings (SSSR count). The molecule has 12 heavy (non-hydrogen) atoms. The monoisotopic (exact) mass is 159 g/mol. The van der Waals surface area contributed by atoms with Gasteiger partial charge in [-0.15, -0.1) is 6.58 Å². The van der Waals surface area contributed by atoms with Crippen LogP contribution in [0.2, 0.25) is 0 Å². The van der Waals surface area contributed by atoms with Crippen molar-refractivity contribution in [2.24, 2.45) is 4.99 Å². The highest BCUT2D eigenvalue weighted by Gasteiger charge is 1.89. The Labute approximate surface area is 73.5 Å². The number of nitrogens with zero attached hydrogens (tertiary/aromatic N) is 1. The minimum Gasteiger partial charge on any atom is -0.288 e. The second-order valence-electron chi connectivity index (χ2n) is 2.64. The molecule has 1 aromatic rings. The highest BCUT2D eigenvalue weighted by Crippen LogP contribution is 2.03. The maximum Gasteiger partial charge on any atom is 0.0567 e. The van der Waals surface area contributed by atoms with Crippen LogP contribution in [-0.2, 0) is 0 Å². The third-order valence-electron chi connectivity index (χ3n) is 1.65. The lowest BCUT2D eigenvalue weighted by atomic mass is 10.1. The van der Waals surface area contributed by atoms with E-state index in [0.717, 1.165) is 0 Å². The molecule has 1 nitrogen and oxygen atoms in total. The molecule has 0 heterocycles. The Morgan fingerprint density at radius 3 is 2.83 bits per heavy atom. The summed E-state index contributed by atoms with van der Waals surface area (Å²) in [5, 5.41) is 0. The standard InChI is InChI=1S/C11H13N/c1-3-8-12-9-11-7-5-4-6-10(11)2/h3-7,9H,1,8H2,2H3. The van der Waals surface area contributed by atoms with Crippen LogP contribution in [0.4, 0.5) is 0 Å². The van der Waals surface area contributed by atoms with Crippen molar-refractivity contribution in [3.05, 3.63) is 48.0 Å². The van der Waals surface area contributed by atoms with Gasteiger partial charge in [0.1, 0.15) is 0 Å². The third kappa shape index (κ3) is 2.35. The molecule has 0 unspecified atom stereocenters. The Hall–Kier alpha value is -1.37. The van der Waals surface area contributed by atoms with Crippen LogP contribution in [0.3, 0.4) is 0 Å². The molecule has 0 spiro atoms. The van der Waals surface area contributed by atoms with Crippen LogP contribution >= 0.6 is 0 Å². The summed E-state index contributed by atoms with van der Waals surface area (Å²) in [6.07, 6.45) is 3.67. The highest BCUT2D eigenvalue weighted by molar-refractivity contribution is 5.81. The van der Waals surface area contributed by atoms with E-state index in [1.165, 1.54) is 11.1 Å². The first-order valence-electron chi connectivity index (χ1n) is 4.01. The molecule has 0 bridgehead atoms. The van der Waals surface area contributed by atoms with E-state index >= 15 is 0 Å². The molecule has 1 aromatic carbocycles. The minimum absolute atomic E-state index is 0.689. The summed E-state index contributed by atoms with van der Waals surface area (Å²) >= 11 is 0. The minimum atomic E-state index is 0.689. The fraction of sp³-hybridized carbons (Fsp3) is 0.182. The van der Waals surface area contributed by atoms with Crippen molar-refractivity contribution in [1.29, 1.82) is 0 Å². The van der Waals surface area contributed by atoms with E-state index < -0.39 is 0 Å². The molecule has 0 atom stereocenters. The summed E-state index contributed by atoms with van der Waals surface area (Å²) in [4.78, 5) is 4.18. The van der Waals surface area contributed by atoms with Gasteiger partial charge < -0.3 is 0 Å². The predicted octanol–water partition coefficient (Wildman–Crippen LogP) is 2.60. The second-order valence-corrected chi connectivity index (χ2v) is 2.64. The molecule has 0 saturated carbocycles. The van der Waals surface area contributed by atoms with E-state index in [-0.39, 0.29) is 0 Å². The van der Waals surface area contributed by atoms with Gasteiger partial charge in [0.25, 0.3) is 0 Å². The normalized spacial score (nSPS) is 10.4. The number of aliphatic imine (C=N–C) groups is 1. The maximum atomic E-state index is 4.18. The zero-order chi connectivity index (χ0) is 8.81.